The van der Waals surface area contributed by atoms with E-state index in [1.54, 1.807) is 20.8 Å². The Hall–Kier alpha value is -1.76. The third-order valence-electron chi connectivity index (χ3n) is 0. The Labute approximate surface area is 126 Å². The van der Waals surface area contributed by atoms with Crippen molar-refractivity contribution in [3.8, 4) is 50.3 Å². The summed E-state index contributed by atoms with van der Waals surface area (Å²) in [5.41, 5.74) is 0. The van der Waals surface area contributed by atoms with E-state index < -0.39 is 0 Å². The van der Waals surface area contributed by atoms with E-state index in [1.807, 2.05) is 0 Å². The van der Waals surface area contributed by atoms with Crippen LogP contribution in [0.25, 0.3) is 0 Å². The molecule has 0 saturated heterocycles. The molecular weight excluding hydrogens is 204 g/mol. The standard InChI is InChI=1S/2C3H4.C2H6.2C2H2.5CH4.H2/c2*1-3-2;3*1-2;;;;;;/h2*1H,2H3;1-2H3;2*1-2H;5*1H4;1H/i;;3*1T;1T2;;;;;1+2T. The minimum absolute atomic E-state index is 0. The van der Waals surface area contributed by atoms with Gasteiger partial charge < -0.3 is 0 Å². The minimum Gasteiger partial charge on any atom is -0.124 e. The molecule has 0 rings (SSSR count). The van der Waals surface area contributed by atoms with Crippen LogP contribution in [0.5, 0.6) is 0 Å². The first-order chi connectivity index (χ1) is 9.49. The molecule has 0 fully saturated rings. The van der Waals surface area contributed by atoms with Crippen LogP contribution in [0.15, 0.2) is 0 Å². The quantitative estimate of drug-likeness (QED) is 0.452. The largest absolute Gasteiger partial charge is 0.124 e. The molecule has 0 atom stereocenters. The molecule has 0 aromatic rings. The van der Waals surface area contributed by atoms with Gasteiger partial charge in [0.1, 0.15) is 2.74 Å². The lowest BCUT2D eigenvalue weighted by Crippen LogP contribution is -1.10. The SMILES string of the molecule is C.C.C.C.C#CC.C#CC.[3H]C#C.[3H]C#C.[3H]CC.[3H]C[3H].[3H][3H]. The first-order valence-corrected chi connectivity index (χ1v) is 2.86. The lowest BCUT2D eigenvalue weighted by molar-refractivity contribution is 1.50. The molecule has 17 heavy (non-hydrogen) atoms. The highest BCUT2D eigenvalue weighted by molar-refractivity contribution is 4.73. The van der Waals surface area contributed by atoms with Gasteiger partial charge in [0, 0.05) is 7.08 Å². The van der Waals surface area contributed by atoms with Gasteiger partial charge in [-0.1, -0.05) is 50.9 Å². The smallest absolute Gasteiger partial charge is 0.124 e. The zero-order valence-electron chi connectivity index (χ0n) is 15.7. The number of terminal acetylenes is 4. The molecule has 0 aromatic heterocycles. The van der Waals surface area contributed by atoms with E-state index in [4.69, 9.17) is 9.82 Å². The van der Waals surface area contributed by atoms with Crippen molar-refractivity contribution in [2.75, 3.05) is 0 Å². The Bertz CT molecular complexity index is 177. The van der Waals surface area contributed by atoms with Crippen molar-refractivity contribution in [2.45, 2.75) is 64.8 Å². The Balaban J connectivity index is -0.00000000891. The molecule has 0 spiro atoms. The van der Waals surface area contributed by atoms with Gasteiger partial charge in [0.05, 0.1) is 0 Å². The van der Waals surface area contributed by atoms with Gasteiger partial charge in [-0.2, -0.15) is 0 Å². The van der Waals surface area contributed by atoms with Crippen LogP contribution < -0.4 is 0 Å². The van der Waals surface area contributed by atoms with Crippen LogP contribution in [0.3, 0.4) is 0 Å². The molecule has 0 heteroatoms. The molecular formula is C17H40. The predicted octanol–water partition coefficient (Wildman–Crippen LogP) is 6.23. The molecule has 0 unspecified atom stereocenters. The topological polar surface area (TPSA) is 0 Å². The summed E-state index contributed by atoms with van der Waals surface area (Å²) in [5.74, 6) is 4.50. The van der Waals surface area contributed by atoms with Gasteiger partial charge in [-0.05, 0) is 13.8 Å². The molecule has 0 aliphatic rings. The van der Waals surface area contributed by atoms with Crippen molar-refractivity contribution < 1.29 is 9.82 Å². The maximum Gasteiger partial charge on any atom is 0.124 e. The van der Waals surface area contributed by atoms with Crippen molar-refractivity contribution in [1.29, 1.82) is 0 Å². The molecule has 0 nitrogen and oxygen atoms in total. The van der Waals surface area contributed by atoms with E-state index in [0.717, 1.165) is 0 Å². The van der Waals surface area contributed by atoms with Crippen LogP contribution in [-0.4, -0.2) is 0 Å². The minimum atomic E-state index is -0.250. The van der Waals surface area contributed by atoms with E-state index in [-0.39, 0.29) is 37.1 Å². The molecule has 0 radical (unpaired) electrons. The van der Waals surface area contributed by atoms with Crippen molar-refractivity contribution >= 4 is 0 Å². The van der Waals surface area contributed by atoms with Crippen molar-refractivity contribution in [2.24, 2.45) is 0 Å². The lowest BCUT2D eigenvalue weighted by atomic mass is 10.9. The maximum atomic E-state index is 6.21. The summed E-state index contributed by atoms with van der Waals surface area (Å²) in [5, 5.41) is 0. The van der Waals surface area contributed by atoms with Crippen LogP contribution in [-0.2, 0) is 0 Å². The molecule has 0 saturated carbocycles. The van der Waals surface area contributed by atoms with Crippen molar-refractivity contribution in [3.63, 3.8) is 0 Å². The van der Waals surface area contributed by atoms with E-state index in [9.17, 15) is 0 Å². The highest BCUT2D eigenvalue weighted by Crippen LogP contribution is 1.22. The van der Waals surface area contributed by atoms with Gasteiger partial charge >= 0.3 is 0 Å². The third-order valence-corrected chi connectivity index (χ3v) is 0. The second-order valence-corrected chi connectivity index (χ2v) is 0.577. The van der Waals surface area contributed by atoms with E-state index in [0.29, 0.717) is 6.90 Å². The highest BCUT2D eigenvalue weighted by Gasteiger charge is 1.09. The first kappa shape index (κ1) is 24.5. The number of hydrogen-bond donors (Lipinski definition) is 0. The Morgan fingerprint density at radius 1 is 1.06 bits per heavy atom. The first-order valence-electron chi connectivity index (χ1n) is 6.98. The van der Waals surface area contributed by atoms with Crippen LogP contribution in [0.4, 0.5) is 0 Å². The van der Waals surface area contributed by atoms with E-state index in [2.05, 4.69) is 37.5 Å². The average molecular weight is 259 g/mol. The second-order valence-electron chi connectivity index (χ2n) is 0.577. The van der Waals surface area contributed by atoms with Crippen LogP contribution >= 0.6 is 0 Å². The number of rotatable bonds is 0. The van der Waals surface area contributed by atoms with Gasteiger partial charge in [-0.25, -0.2) is 0 Å². The Kier molecular flexibility index (Phi) is 62400. The summed E-state index contributed by atoms with van der Waals surface area (Å²) in [6, 6.07) is 0. The second kappa shape index (κ2) is 43300. The molecule has 0 amide bonds. The Morgan fingerprint density at radius 3 is 1.06 bits per heavy atom. The van der Waals surface area contributed by atoms with Gasteiger partial charge in [0.25, 0.3) is 0 Å². The third kappa shape index (κ3) is 689. The van der Waals surface area contributed by atoms with Crippen molar-refractivity contribution in [1.82, 2.24) is 0 Å². The monoisotopic (exact) mass is 258 g/mol. The fourth-order valence-electron chi connectivity index (χ4n) is 0. The molecule has 108 valence electrons. The van der Waals surface area contributed by atoms with Gasteiger partial charge in [-0.15, -0.1) is 50.3 Å². The van der Waals surface area contributed by atoms with Gasteiger partial charge in [0.2, 0.25) is 0 Å². The molecule has 0 bridgehead atoms. The zero-order valence-corrected chi connectivity index (χ0v) is 8.72. The van der Waals surface area contributed by atoms with Gasteiger partial charge in [0.15, 0.2) is 0 Å². The molecule has 0 aliphatic heterocycles. The summed E-state index contributed by atoms with van der Waals surface area (Å²) < 4.78 is 39.4. The summed E-state index contributed by atoms with van der Waals surface area (Å²) >= 11 is 0. The molecule has 0 N–H and O–H groups in total. The number of hydrogen-bond acceptors (Lipinski definition) is 0. The van der Waals surface area contributed by atoms with Gasteiger partial charge in [-0.3, -0.25) is 0 Å². The summed E-state index contributed by atoms with van der Waals surface area (Å²) in [6.07, 6.45) is 20.7. The van der Waals surface area contributed by atoms with Crippen LogP contribution in [0.2, 0.25) is 0 Å². The predicted molar refractivity (Wildman–Crippen MR) is 95.9 cm³/mol. The maximum absolute atomic E-state index is 6.21. The summed E-state index contributed by atoms with van der Waals surface area (Å²) in [6.45, 7) is 5.60. The fraction of sp³-hybridized carbons (Fsp3) is 0.529. The lowest BCUT2D eigenvalue weighted by Gasteiger charge is -1.23. The molecule has 0 heterocycles. The van der Waals surface area contributed by atoms with E-state index >= 15 is 0 Å². The fourth-order valence-corrected chi connectivity index (χ4v) is 0. The van der Waals surface area contributed by atoms with Crippen LogP contribution in [0, 0.1) is 50.3 Å². The Morgan fingerprint density at radius 2 is 1.06 bits per heavy atom. The average Bonchev–Trinajstić information content (AvgIpc) is 2.36. The summed E-state index contributed by atoms with van der Waals surface area (Å²) in [4.78, 5) is 0. The van der Waals surface area contributed by atoms with Crippen molar-refractivity contribution in [3.05, 3.63) is 0 Å². The summed E-state index contributed by atoms with van der Waals surface area (Å²) in [7, 11) is -0.250. The molecule has 0 aromatic carbocycles. The van der Waals surface area contributed by atoms with E-state index in [1.165, 1.54) is 12.8 Å². The highest BCUT2D eigenvalue weighted by atomic mass is 13.2. The zero-order chi connectivity index (χ0) is 18.2. The van der Waals surface area contributed by atoms with Crippen LogP contribution in [0.1, 0.15) is 74.6 Å². The normalized spacial score (nSPS) is 4.76. The molecule has 0 aliphatic carbocycles.